The summed E-state index contributed by atoms with van der Waals surface area (Å²) in [5, 5.41) is 12.1. The van der Waals surface area contributed by atoms with Crippen molar-refractivity contribution in [2.75, 3.05) is 19.0 Å². The molecule has 0 aliphatic rings. The summed E-state index contributed by atoms with van der Waals surface area (Å²) in [6.45, 7) is -0.391. The van der Waals surface area contributed by atoms with Crippen molar-refractivity contribution in [1.82, 2.24) is 0 Å². The number of anilines is 1. The van der Waals surface area contributed by atoms with Crippen LogP contribution < -0.4 is 10.1 Å². The lowest BCUT2D eigenvalue weighted by molar-refractivity contribution is -0.142. The molecule has 0 fully saturated rings. The molecule has 7 heteroatoms. The molecule has 0 unspecified atom stereocenters. The molecule has 0 radical (unpaired) electrons. The van der Waals surface area contributed by atoms with E-state index in [9.17, 15) is 14.7 Å². The summed E-state index contributed by atoms with van der Waals surface area (Å²) in [4.78, 5) is 23.4. The van der Waals surface area contributed by atoms with E-state index in [-0.39, 0.29) is 5.75 Å². The fraction of sp³-hybridized carbons (Fsp3) is 0.111. The second-order valence-corrected chi connectivity index (χ2v) is 5.84. The van der Waals surface area contributed by atoms with Gasteiger partial charge in [-0.3, -0.25) is 4.79 Å². The lowest BCUT2D eigenvalue weighted by Crippen LogP contribution is -2.20. The third kappa shape index (κ3) is 5.96. The van der Waals surface area contributed by atoms with Gasteiger partial charge in [0.1, 0.15) is 0 Å². The van der Waals surface area contributed by atoms with E-state index in [1.165, 1.54) is 25.3 Å². The highest BCUT2D eigenvalue weighted by molar-refractivity contribution is 9.10. The molecule has 0 spiro atoms. The topological polar surface area (TPSA) is 84.9 Å². The molecule has 0 aromatic heterocycles. The van der Waals surface area contributed by atoms with Crippen LogP contribution in [0.3, 0.4) is 0 Å². The first-order chi connectivity index (χ1) is 12.0. The average Bonchev–Trinajstić information content (AvgIpc) is 2.61. The van der Waals surface area contributed by atoms with E-state index in [1.54, 1.807) is 36.4 Å². The van der Waals surface area contributed by atoms with Crippen LogP contribution in [0, 0.1) is 0 Å². The molecule has 2 rings (SSSR count). The Hall–Kier alpha value is -2.80. The molecule has 0 atom stereocenters. The van der Waals surface area contributed by atoms with Crippen LogP contribution in [0.4, 0.5) is 5.69 Å². The zero-order valence-electron chi connectivity index (χ0n) is 13.4. The van der Waals surface area contributed by atoms with Crippen LogP contribution in [0.25, 0.3) is 6.08 Å². The minimum Gasteiger partial charge on any atom is -0.504 e. The van der Waals surface area contributed by atoms with Gasteiger partial charge >= 0.3 is 5.97 Å². The van der Waals surface area contributed by atoms with Crippen molar-refractivity contribution in [3.8, 4) is 11.5 Å². The maximum atomic E-state index is 11.7. The van der Waals surface area contributed by atoms with Crippen LogP contribution in [0.15, 0.2) is 53.0 Å². The normalized spacial score (nSPS) is 10.5. The Kier molecular flexibility index (Phi) is 6.59. The van der Waals surface area contributed by atoms with Crippen LogP contribution in [0.5, 0.6) is 11.5 Å². The van der Waals surface area contributed by atoms with Gasteiger partial charge in [0.05, 0.1) is 7.11 Å². The third-order valence-corrected chi connectivity index (χ3v) is 3.62. The van der Waals surface area contributed by atoms with Crippen LogP contribution in [-0.4, -0.2) is 30.7 Å². The lowest BCUT2D eigenvalue weighted by Gasteiger charge is -2.05. The maximum absolute atomic E-state index is 11.7. The number of hydrogen-bond donors (Lipinski definition) is 2. The van der Waals surface area contributed by atoms with E-state index in [4.69, 9.17) is 9.47 Å². The molecular formula is C18H16BrNO5. The number of amides is 1. The Labute approximate surface area is 153 Å². The Morgan fingerprint density at radius 1 is 1.20 bits per heavy atom. The number of phenols is 1. The first kappa shape index (κ1) is 18.5. The first-order valence-electron chi connectivity index (χ1n) is 7.25. The van der Waals surface area contributed by atoms with Gasteiger partial charge in [-0.25, -0.2) is 4.79 Å². The maximum Gasteiger partial charge on any atom is 0.331 e. The number of ether oxygens (including phenoxy) is 2. The van der Waals surface area contributed by atoms with Gasteiger partial charge in [-0.2, -0.15) is 0 Å². The molecule has 0 heterocycles. The minimum absolute atomic E-state index is 0.00633. The van der Waals surface area contributed by atoms with Crippen molar-refractivity contribution >= 4 is 39.6 Å². The summed E-state index contributed by atoms with van der Waals surface area (Å²) in [5.41, 5.74) is 1.25. The zero-order chi connectivity index (χ0) is 18.2. The molecule has 0 aliphatic heterocycles. The van der Waals surface area contributed by atoms with Crippen molar-refractivity contribution in [3.05, 3.63) is 58.6 Å². The number of hydrogen-bond acceptors (Lipinski definition) is 5. The number of methoxy groups -OCH3 is 1. The van der Waals surface area contributed by atoms with Gasteiger partial charge in [0, 0.05) is 16.2 Å². The van der Waals surface area contributed by atoms with Crippen molar-refractivity contribution in [3.63, 3.8) is 0 Å². The molecule has 6 nitrogen and oxygen atoms in total. The third-order valence-electron chi connectivity index (χ3n) is 3.09. The summed E-state index contributed by atoms with van der Waals surface area (Å²) in [6, 6.07) is 11.7. The van der Waals surface area contributed by atoms with Crippen LogP contribution in [-0.2, 0) is 14.3 Å². The summed E-state index contributed by atoms with van der Waals surface area (Å²) < 4.78 is 10.7. The number of aromatic hydroxyl groups is 1. The Bertz CT molecular complexity index is 787. The summed E-state index contributed by atoms with van der Waals surface area (Å²) in [5.74, 6) is -0.787. The Morgan fingerprint density at radius 2 is 1.92 bits per heavy atom. The molecule has 0 saturated heterocycles. The van der Waals surface area contributed by atoms with E-state index in [0.29, 0.717) is 17.0 Å². The fourth-order valence-corrected chi connectivity index (χ4v) is 2.14. The van der Waals surface area contributed by atoms with Crippen molar-refractivity contribution < 1.29 is 24.2 Å². The van der Waals surface area contributed by atoms with E-state index in [2.05, 4.69) is 21.2 Å². The number of halogens is 1. The average molecular weight is 406 g/mol. The fourth-order valence-electron chi connectivity index (χ4n) is 1.88. The number of esters is 1. The molecule has 0 bridgehead atoms. The molecule has 2 aromatic rings. The van der Waals surface area contributed by atoms with Crippen molar-refractivity contribution in [2.45, 2.75) is 0 Å². The van der Waals surface area contributed by atoms with Crippen molar-refractivity contribution in [2.24, 2.45) is 0 Å². The highest BCUT2D eigenvalue weighted by Gasteiger charge is 2.06. The number of carbonyl (C=O) groups is 2. The zero-order valence-corrected chi connectivity index (χ0v) is 14.9. The molecule has 1 amide bonds. The van der Waals surface area contributed by atoms with Gasteiger partial charge in [0.2, 0.25) is 0 Å². The first-order valence-corrected chi connectivity index (χ1v) is 8.04. The van der Waals surface area contributed by atoms with Crippen molar-refractivity contribution in [1.29, 1.82) is 0 Å². The van der Waals surface area contributed by atoms with Crippen LogP contribution in [0.2, 0.25) is 0 Å². The smallest absolute Gasteiger partial charge is 0.331 e. The predicted molar refractivity (Wildman–Crippen MR) is 97.4 cm³/mol. The molecular weight excluding hydrogens is 390 g/mol. The molecule has 130 valence electrons. The van der Waals surface area contributed by atoms with Gasteiger partial charge in [-0.1, -0.05) is 22.0 Å². The highest BCUT2D eigenvalue weighted by Crippen LogP contribution is 2.26. The van der Waals surface area contributed by atoms with E-state index >= 15 is 0 Å². The number of rotatable bonds is 6. The van der Waals surface area contributed by atoms with Gasteiger partial charge in [-0.15, -0.1) is 0 Å². The number of carbonyl (C=O) groups excluding carboxylic acids is 2. The van der Waals surface area contributed by atoms with Crippen LogP contribution >= 0.6 is 15.9 Å². The number of benzene rings is 2. The van der Waals surface area contributed by atoms with Gasteiger partial charge in [-0.05, 0) is 48.0 Å². The SMILES string of the molecule is COc1cc(/C=C/C(=O)OCC(=O)Nc2ccc(Br)cc2)ccc1O. The molecule has 0 aliphatic carbocycles. The van der Waals surface area contributed by atoms with Crippen LogP contribution in [0.1, 0.15) is 5.56 Å². The lowest BCUT2D eigenvalue weighted by atomic mass is 10.2. The van der Waals surface area contributed by atoms with Gasteiger partial charge in [0.25, 0.3) is 5.91 Å². The minimum atomic E-state index is -0.655. The summed E-state index contributed by atoms with van der Waals surface area (Å²) in [6.07, 6.45) is 2.69. The van der Waals surface area contributed by atoms with Gasteiger partial charge < -0.3 is 19.9 Å². The Morgan fingerprint density at radius 3 is 2.60 bits per heavy atom. The summed E-state index contributed by atoms with van der Waals surface area (Å²) >= 11 is 3.30. The molecule has 2 aromatic carbocycles. The standard InChI is InChI=1S/C18H16BrNO5/c1-24-16-10-12(2-8-15(16)21)3-9-18(23)25-11-17(22)20-14-6-4-13(19)5-7-14/h2-10,21H,11H2,1H3,(H,20,22)/b9-3+. The number of nitrogens with one attached hydrogen (secondary N) is 1. The van der Waals surface area contributed by atoms with Gasteiger partial charge in [0.15, 0.2) is 18.1 Å². The molecule has 2 N–H and O–H groups in total. The van der Waals surface area contributed by atoms with E-state index in [0.717, 1.165) is 4.47 Å². The second kappa shape index (κ2) is 8.89. The Balaban J connectivity index is 1.83. The monoisotopic (exact) mass is 405 g/mol. The second-order valence-electron chi connectivity index (χ2n) is 4.93. The molecule has 25 heavy (non-hydrogen) atoms. The largest absolute Gasteiger partial charge is 0.504 e. The molecule has 0 saturated carbocycles. The summed E-state index contributed by atoms with van der Waals surface area (Å²) in [7, 11) is 1.43. The predicted octanol–water partition coefficient (Wildman–Crippen LogP) is 3.36. The number of phenolic OH excluding ortho intramolecular Hbond substituents is 1. The highest BCUT2D eigenvalue weighted by atomic mass is 79.9. The quantitative estimate of drug-likeness (QED) is 0.568. The van der Waals surface area contributed by atoms with E-state index < -0.39 is 18.5 Å². The van der Waals surface area contributed by atoms with E-state index in [1.807, 2.05) is 0 Å².